The number of para-hydroxylation sites is 1. The Morgan fingerprint density at radius 2 is 1.73 bits per heavy atom. The molecule has 0 spiro atoms. The molecule has 0 saturated heterocycles. The minimum atomic E-state index is -0.738. The van der Waals surface area contributed by atoms with Crippen LogP contribution in [0.5, 0.6) is 0 Å². The fraction of sp³-hybridized carbons (Fsp3) is 0.235. The summed E-state index contributed by atoms with van der Waals surface area (Å²) in [6.45, 7) is 4.16. The molecule has 0 radical (unpaired) electrons. The quantitative estimate of drug-likeness (QED) is 0.851. The van der Waals surface area contributed by atoms with E-state index in [1.807, 2.05) is 18.2 Å². The van der Waals surface area contributed by atoms with E-state index >= 15 is 0 Å². The van der Waals surface area contributed by atoms with E-state index in [2.05, 4.69) is 29.5 Å². The van der Waals surface area contributed by atoms with Gasteiger partial charge in [-0.2, -0.15) is 0 Å². The number of hydrogen-bond acceptors (Lipinski definition) is 3. The molecule has 1 heterocycles. The van der Waals surface area contributed by atoms with Gasteiger partial charge in [0.05, 0.1) is 0 Å². The number of hydrogen-bond donors (Lipinski definition) is 2. The maximum Gasteiger partial charge on any atom is 0.315 e. The molecule has 22 heavy (non-hydrogen) atoms. The first-order valence-corrected chi connectivity index (χ1v) is 7.24. The summed E-state index contributed by atoms with van der Waals surface area (Å²) in [6.07, 6.45) is 2.50. The number of nitrogens with zero attached hydrogens (tertiary/aromatic N) is 1. The van der Waals surface area contributed by atoms with Gasteiger partial charge in [0.25, 0.3) is 0 Å². The van der Waals surface area contributed by atoms with E-state index in [0.717, 1.165) is 12.0 Å². The Balaban J connectivity index is 2.07. The van der Waals surface area contributed by atoms with Crippen LogP contribution in [0.2, 0.25) is 0 Å². The van der Waals surface area contributed by atoms with E-state index in [9.17, 15) is 9.59 Å². The van der Waals surface area contributed by atoms with Crippen molar-refractivity contribution in [2.45, 2.75) is 26.2 Å². The zero-order valence-corrected chi connectivity index (χ0v) is 12.7. The molecule has 0 aliphatic carbocycles. The van der Waals surface area contributed by atoms with Gasteiger partial charge in [-0.1, -0.05) is 38.1 Å². The molecule has 1 atom stereocenters. The Morgan fingerprint density at radius 1 is 1.05 bits per heavy atom. The van der Waals surface area contributed by atoms with Crippen molar-refractivity contribution in [3.05, 3.63) is 54.2 Å². The van der Waals surface area contributed by atoms with Gasteiger partial charge in [0.15, 0.2) is 0 Å². The van der Waals surface area contributed by atoms with Crippen molar-refractivity contribution < 1.29 is 9.59 Å². The summed E-state index contributed by atoms with van der Waals surface area (Å²) in [5.41, 5.74) is 1.68. The second-order valence-electron chi connectivity index (χ2n) is 5.02. The monoisotopic (exact) mass is 297 g/mol. The molecular weight excluding hydrogens is 278 g/mol. The smallest absolute Gasteiger partial charge is 0.315 e. The average Bonchev–Trinajstić information content (AvgIpc) is 2.55. The molecule has 1 aromatic heterocycles. The van der Waals surface area contributed by atoms with Gasteiger partial charge in [-0.15, -0.1) is 0 Å². The van der Waals surface area contributed by atoms with E-state index < -0.39 is 11.8 Å². The molecule has 5 heteroatoms. The number of carbonyl (C=O) groups is 2. The first kappa shape index (κ1) is 15.7. The SMILES string of the molecule is CCC(C)c1ccccc1NC(=O)C(=O)Nc1ccccn1. The van der Waals surface area contributed by atoms with E-state index in [1.165, 1.54) is 0 Å². The lowest BCUT2D eigenvalue weighted by molar-refractivity contribution is -0.133. The maximum atomic E-state index is 12.0. The Kier molecular flexibility index (Phi) is 5.25. The van der Waals surface area contributed by atoms with Gasteiger partial charge >= 0.3 is 11.8 Å². The van der Waals surface area contributed by atoms with Crippen molar-refractivity contribution in [1.29, 1.82) is 0 Å². The van der Waals surface area contributed by atoms with Gasteiger partial charge in [-0.05, 0) is 36.1 Å². The van der Waals surface area contributed by atoms with Crippen LogP contribution in [0.1, 0.15) is 31.7 Å². The lowest BCUT2D eigenvalue weighted by atomic mass is 9.97. The summed E-state index contributed by atoms with van der Waals surface area (Å²) >= 11 is 0. The third-order valence-electron chi connectivity index (χ3n) is 3.47. The molecule has 0 aliphatic heterocycles. The number of pyridine rings is 1. The first-order valence-electron chi connectivity index (χ1n) is 7.24. The highest BCUT2D eigenvalue weighted by molar-refractivity contribution is 6.43. The molecule has 2 N–H and O–H groups in total. The predicted octanol–water partition coefficient (Wildman–Crippen LogP) is 3.17. The highest BCUT2D eigenvalue weighted by Crippen LogP contribution is 2.26. The fourth-order valence-electron chi connectivity index (χ4n) is 2.05. The molecule has 5 nitrogen and oxygen atoms in total. The number of aromatic nitrogens is 1. The third kappa shape index (κ3) is 3.91. The summed E-state index contributed by atoms with van der Waals surface area (Å²) in [4.78, 5) is 27.9. The van der Waals surface area contributed by atoms with Crippen molar-refractivity contribution in [2.24, 2.45) is 0 Å². The fourth-order valence-corrected chi connectivity index (χ4v) is 2.05. The number of rotatable bonds is 4. The van der Waals surface area contributed by atoms with E-state index in [4.69, 9.17) is 0 Å². The van der Waals surface area contributed by atoms with Gasteiger partial charge in [-0.25, -0.2) is 4.98 Å². The summed E-state index contributed by atoms with van der Waals surface area (Å²) in [5.74, 6) is -0.799. The molecule has 1 aromatic carbocycles. The van der Waals surface area contributed by atoms with Crippen molar-refractivity contribution in [1.82, 2.24) is 4.98 Å². The van der Waals surface area contributed by atoms with Crippen molar-refractivity contribution in [2.75, 3.05) is 10.6 Å². The molecule has 0 saturated carbocycles. The Morgan fingerprint density at radius 3 is 2.41 bits per heavy atom. The minimum absolute atomic E-state index is 0.301. The normalized spacial score (nSPS) is 11.5. The van der Waals surface area contributed by atoms with E-state index in [0.29, 0.717) is 17.4 Å². The molecule has 2 amide bonds. The number of carbonyl (C=O) groups excluding carboxylic acids is 2. The predicted molar refractivity (Wildman–Crippen MR) is 86.6 cm³/mol. The highest BCUT2D eigenvalue weighted by Gasteiger charge is 2.17. The molecule has 0 fully saturated rings. The van der Waals surface area contributed by atoms with E-state index in [-0.39, 0.29) is 0 Å². The first-order chi connectivity index (χ1) is 10.6. The number of anilines is 2. The number of amides is 2. The van der Waals surface area contributed by atoms with Gasteiger partial charge in [0.1, 0.15) is 5.82 Å². The van der Waals surface area contributed by atoms with Crippen LogP contribution < -0.4 is 10.6 Å². The van der Waals surface area contributed by atoms with Crippen molar-refractivity contribution >= 4 is 23.3 Å². The lowest BCUT2D eigenvalue weighted by Gasteiger charge is -2.15. The third-order valence-corrected chi connectivity index (χ3v) is 3.47. The van der Waals surface area contributed by atoms with Crippen LogP contribution in [-0.2, 0) is 9.59 Å². The largest absolute Gasteiger partial charge is 0.318 e. The number of benzene rings is 1. The molecule has 0 bridgehead atoms. The van der Waals surface area contributed by atoms with Crippen LogP contribution in [-0.4, -0.2) is 16.8 Å². The topological polar surface area (TPSA) is 71.1 Å². The molecule has 1 unspecified atom stereocenters. The van der Waals surface area contributed by atoms with Crippen molar-refractivity contribution in [3.8, 4) is 0 Å². The van der Waals surface area contributed by atoms with Crippen LogP contribution in [0.25, 0.3) is 0 Å². The molecule has 2 rings (SSSR count). The molecule has 0 aliphatic rings. The Hall–Kier alpha value is -2.69. The second kappa shape index (κ2) is 7.36. The number of nitrogens with one attached hydrogen (secondary N) is 2. The molecule has 114 valence electrons. The van der Waals surface area contributed by atoms with Gasteiger partial charge < -0.3 is 10.6 Å². The summed E-state index contributed by atoms with van der Waals surface area (Å²) in [6, 6.07) is 12.6. The summed E-state index contributed by atoms with van der Waals surface area (Å²) < 4.78 is 0. The molecular formula is C17H19N3O2. The Bertz CT molecular complexity index is 656. The average molecular weight is 297 g/mol. The summed E-state index contributed by atoms with van der Waals surface area (Å²) in [7, 11) is 0. The van der Waals surface area contributed by atoms with Gasteiger partial charge in [0.2, 0.25) is 0 Å². The lowest BCUT2D eigenvalue weighted by Crippen LogP contribution is -2.29. The maximum absolute atomic E-state index is 12.0. The van der Waals surface area contributed by atoms with Crippen LogP contribution in [0.15, 0.2) is 48.7 Å². The van der Waals surface area contributed by atoms with Crippen LogP contribution in [0, 0.1) is 0 Å². The van der Waals surface area contributed by atoms with Gasteiger partial charge in [0, 0.05) is 11.9 Å². The minimum Gasteiger partial charge on any atom is -0.318 e. The van der Waals surface area contributed by atoms with Crippen LogP contribution in [0.4, 0.5) is 11.5 Å². The van der Waals surface area contributed by atoms with Crippen molar-refractivity contribution in [3.63, 3.8) is 0 Å². The molecule has 2 aromatic rings. The van der Waals surface area contributed by atoms with Gasteiger partial charge in [-0.3, -0.25) is 9.59 Å². The van der Waals surface area contributed by atoms with Crippen LogP contribution in [0.3, 0.4) is 0 Å². The van der Waals surface area contributed by atoms with E-state index in [1.54, 1.807) is 30.5 Å². The zero-order chi connectivity index (χ0) is 15.9. The highest BCUT2D eigenvalue weighted by atomic mass is 16.2. The zero-order valence-electron chi connectivity index (χ0n) is 12.7. The Labute approximate surface area is 129 Å². The van der Waals surface area contributed by atoms with Crippen LogP contribution >= 0.6 is 0 Å². The second-order valence-corrected chi connectivity index (χ2v) is 5.02. The summed E-state index contributed by atoms with van der Waals surface area (Å²) in [5, 5.41) is 5.13. The standard InChI is InChI=1S/C17H19N3O2/c1-3-12(2)13-8-4-5-9-14(13)19-16(21)17(22)20-15-10-6-7-11-18-15/h4-12H,3H2,1-2H3,(H,19,21)(H,18,20,22).